The molecule has 0 spiro atoms. The van der Waals surface area contributed by atoms with Crippen LogP contribution in [-0.4, -0.2) is 15.5 Å². The molecule has 1 aliphatic rings. The Morgan fingerprint density at radius 2 is 1.97 bits per heavy atom. The predicted molar refractivity (Wildman–Crippen MR) is 114 cm³/mol. The molecule has 1 fully saturated rings. The van der Waals surface area contributed by atoms with Crippen LogP contribution < -0.4 is 10.1 Å². The molecule has 5 nitrogen and oxygen atoms in total. The number of hydrogen-bond acceptors (Lipinski definition) is 3. The van der Waals surface area contributed by atoms with Crippen LogP contribution in [0.15, 0.2) is 60.9 Å². The molecule has 6 heteroatoms. The van der Waals surface area contributed by atoms with Crippen molar-refractivity contribution in [3.63, 3.8) is 0 Å². The second kappa shape index (κ2) is 8.29. The Bertz CT molecular complexity index is 991. The largest absolute Gasteiger partial charge is 0.486 e. The van der Waals surface area contributed by atoms with E-state index in [9.17, 15) is 4.79 Å². The number of carbonyl (C=O) groups is 1. The first-order valence-electron chi connectivity index (χ1n) is 9.83. The van der Waals surface area contributed by atoms with E-state index in [0.29, 0.717) is 11.6 Å². The van der Waals surface area contributed by atoms with E-state index in [1.807, 2.05) is 66.3 Å². The summed E-state index contributed by atoms with van der Waals surface area (Å²) in [5, 5.41) is 3.76. The number of nitrogens with one attached hydrogen (secondary N) is 1. The van der Waals surface area contributed by atoms with Crippen molar-refractivity contribution in [1.82, 2.24) is 9.55 Å². The number of aryl methyl sites for hydroxylation is 1. The minimum atomic E-state index is -0.516. The lowest BCUT2D eigenvalue weighted by Gasteiger charge is -2.28. The van der Waals surface area contributed by atoms with Gasteiger partial charge >= 0.3 is 0 Å². The average Bonchev–Trinajstić information content (AvgIpc) is 3.37. The first-order valence-corrected chi connectivity index (χ1v) is 10.2. The fourth-order valence-corrected chi connectivity index (χ4v) is 4.17. The number of halogens is 1. The van der Waals surface area contributed by atoms with Gasteiger partial charge in [0.25, 0.3) is 0 Å². The molecule has 1 aliphatic carbocycles. The molecule has 0 radical (unpaired) electrons. The molecule has 0 bridgehead atoms. The van der Waals surface area contributed by atoms with Gasteiger partial charge in [-0.2, -0.15) is 0 Å². The van der Waals surface area contributed by atoms with Gasteiger partial charge in [-0.1, -0.05) is 36.6 Å². The van der Waals surface area contributed by atoms with Crippen molar-refractivity contribution in [3.05, 3.63) is 77.3 Å². The highest BCUT2D eigenvalue weighted by Gasteiger charge is 2.42. The summed E-state index contributed by atoms with van der Waals surface area (Å²) in [6, 6.07) is 15.1. The highest BCUT2D eigenvalue weighted by atomic mass is 35.5. The Balaban J connectivity index is 1.45. The fourth-order valence-electron chi connectivity index (χ4n) is 3.98. The van der Waals surface area contributed by atoms with Crippen molar-refractivity contribution < 1.29 is 9.53 Å². The molecule has 4 rings (SSSR count). The summed E-state index contributed by atoms with van der Waals surface area (Å²) in [7, 11) is 1.93. The van der Waals surface area contributed by atoms with Crippen LogP contribution in [0.3, 0.4) is 0 Å². The Labute approximate surface area is 175 Å². The Morgan fingerprint density at radius 1 is 1.21 bits per heavy atom. The summed E-state index contributed by atoms with van der Waals surface area (Å²) in [6.45, 7) is 0.396. The van der Waals surface area contributed by atoms with Gasteiger partial charge in [-0.3, -0.25) is 4.79 Å². The van der Waals surface area contributed by atoms with E-state index < -0.39 is 5.41 Å². The van der Waals surface area contributed by atoms with E-state index in [2.05, 4.69) is 10.3 Å². The summed E-state index contributed by atoms with van der Waals surface area (Å²) >= 11 is 6.19. The standard InChI is InChI=1S/C23H24ClN3O2/c1-27-14-13-25-21(27)16-29-20-9-7-19(8-10-20)26-22(28)23(11-2-3-12-23)17-5-4-6-18(24)15-17/h4-10,13-15H,2-3,11-12,16H2,1H3,(H,26,28). The lowest BCUT2D eigenvalue weighted by Crippen LogP contribution is -2.38. The lowest BCUT2D eigenvalue weighted by atomic mass is 9.78. The summed E-state index contributed by atoms with van der Waals surface area (Å²) in [5.41, 5.74) is 1.24. The molecule has 0 unspecified atom stereocenters. The predicted octanol–water partition coefficient (Wildman–Crippen LogP) is 5.10. The molecule has 1 aromatic heterocycles. The van der Waals surface area contributed by atoms with Crippen LogP contribution in [0.2, 0.25) is 5.02 Å². The van der Waals surface area contributed by atoms with Crippen molar-refractivity contribution >= 4 is 23.2 Å². The van der Waals surface area contributed by atoms with Gasteiger partial charge in [-0.25, -0.2) is 4.98 Å². The molecule has 29 heavy (non-hydrogen) atoms. The minimum absolute atomic E-state index is 0.0268. The molecule has 1 heterocycles. The number of benzene rings is 2. The van der Waals surface area contributed by atoms with Gasteiger partial charge < -0.3 is 14.6 Å². The SMILES string of the molecule is Cn1ccnc1COc1ccc(NC(=O)C2(c3cccc(Cl)c3)CCCC2)cc1. The van der Waals surface area contributed by atoms with E-state index in [0.717, 1.165) is 48.5 Å². The zero-order valence-corrected chi connectivity index (χ0v) is 17.2. The third-order valence-corrected chi connectivity index (χ3v) is 5.91. The number of amides is 1. The van der Waals surface area contributed by atoms with Crippen LogP contribution in [0.4, 0.5) is 5.69 Å². The van der Waals surface area contributed by atoms with E-state index in [4.69, 9.17) is 16.3 Å². The summed E-state index contributed by atoms with van der Waals surface area (Å²) in [5.74, 6) is 1.61. The number of nitrogens with zero attached hydrogens (tertiary/aromatic N) is 2. The van der Waals surface area contributed by atoms with Gasteiger partial charge in [-0.05, 0) is 54.8 Å². The van der Waals surface area contributed by atoms with Crippen LogP contribution in [0.1, 0.15) is 37.1 Å². The van der Waals surface area contributed by atoms with E-state index in [-0.39, 0.29) is 5.91 Å². The van der Waals surface area contributed by atoms with Crippen LogP contribution in [0.5, 0.6) is 5.75 Å². The normalized spacial score (nSPS) is 15.2. The average molecular weight is 410 g/mol. The number of rotatable bonds is 6. The van der Waals surface area contributed by atoms with Crippen LogP contribution in [0, 0.1) is 0 Å². The van der Waals surface area contributed by atoms with Crippen molar-refractivity contribution in [2.75, 3.05) is 5.32 Å². The molecule has 2 aromatic carbocycles. The van der Waals surface area contributed by atoms with Gasteiger partial charge in [0.05, 0.1) is 5.41 Å². The van der Waals surface area contributed by atoms with Crippen LogP contribution >= 0.6 is 11.6 Å². The topological polar surface area (TPSA) is 56.1 Å². The summed E-state index contributed by atoms with van der Waals surface area (Å²) < 4.78 is 7.70. The highest BCUT2D eigenvalue weighted by molar-refractivity contribution is 6.30. The molecular weight excluding hydrogens is 386 g/mol. The third kappa shape index (κ3) is 4.15. The molecular formula is C23H24ClN3O2. The third-order valence-electron chi connectivity index (χ3n) is 5.67. The number of hydrogen-bond donors (Lipinski definition) is 1. The fraction of sp³-hybridized carbons (Fsp3) is 0.304. The zero-order valence-electron chi connectivity index (χ0n) is 16.4. The number of aromatic nitrogens is 2. The van der Waals surface area contributed by atoms with Gasteiger partial charge in [0.15, 0.2) is 0 Å². The maximum Gasteiger partial charge on any atom is 0.235 e. The lowest BCUT2D eigenvalue weighted by molar-refractivity contribution is -0.121. The molecule has 150 valence electrons. The van der Waals surface area contributed by atoms with E-state index >= 15 is 0 Å². The second-order valence-corrected chi connectivity index (χ2v) is 7.96. The minimum Gasteiger partial charge on any atom is -0.486 e. The number of imidazole rings is 1. The van der Waals surface area contributed by atoms with Crippen molar-refractivity contribution in [2.45, 2.75) is 37.7 Å². The first kappa shape index (κ1) is 19.5. The number of anilines is 1. The quantitative estimate of drug-likeness (QED) is 0.616. The molecule has 0 aliphatic heterocycles. The monoisotopic (exact) mass is 409 g/mol. The molecule has 0 atom stereocenters. The van der Waals surface area contributed by atoms with Crippen molar-refractivity contribution in [3.8, 4) is 5.75 Å². The first-order chi connectivity index (χ1) is 14.1. The summed E-state index contributed by atoms with van der Waals surface area (Å²) in [4.78, 5) is 17.5. The van der Waals surface area contributed by atoms with Crippen LogP contribution in [-0.2, 0) is 23.9 Å². The number of carbonyl (C=O) groups excluding carboxylic acids is 1. The van der Waals surface area contributed by atoms with E-state index in [1.165, 1.54) is 0 Å². The molecule has 1 saturated carbocycles. The van der Waals surface area contributed by atoms with Gasteiger partial charge in [0.2, 0.25) is 5.91 Å². The van der Waals surface area contributed by atoms with E-state index in [1.54, 1.807) is 6.20 Å². The second-order valence-electron chi connectivity index (χ2n) is 7.52. The zero-order chi connectivity index (χ0) is 20.3. The van der Waals surface area contributed by atoms with Gasteiger partial charge in [-0.15, -0.1) is 0 Å². The molecule has 1 N–H and O–H groups in total. The Morgan fingerprint density at radius 3 is 2.62 bits per heavy atom. The highest BCUT2D eigenvalue weighted by Crippen LogP contribution is 2.42. The van der Waals surface area contributed by atoms with Crippen LogP contribution in [0.25, 0.3) is 0 Å². The molecule has 0 saturated heterocycles. The van der Waals surface area contributed by atoms with Crippen molar-refractivity contribution in [1.29, 1.82) is 0 Å². The Kier molecular flexibility index (Phi) is 5.58. The Hall–Kier alpha value is -2.79. The smallest absolute Gasteiger partial charge is 0.235 e. The molecule has 1 amide bonds. The number of ether oxygens (including phenoxy) is 1. The maximum absolute atomic E-state index is 13.3. The van der Waals surface area contributed by atoms with Gasteiger partial charge in [0, 0.05) is 30.2 Å². The van der Waals surface area contributed by atoms with Gasteiger partial charge in [0.1, 0.15) is 18.2 Å². The summed E-state index contributed by atoms with van der Waals surface area (Å²) in [6.07, 6.45) is 7.39. The van der Waals surface area contributed by atoms with Crippen molar-refractivity contribution in [2.24, 2.45) is 7.05 Å². The molecule has 3 aromatic rings. The maximum atomic E-state index is 13.3.